The summed E-state index contributed by atoms with van der Waals surface area (Å²) in [4.78, 5) is 0. The molecule has 1 fully saturated rings. The van der Waals surface area contributed by atoms with Gasteiger partial charge in [0, 0.05) is 20.8 Å². The van der Waals surface area contributed by atoms with Gasteiger partial charge in [0.25, 0.3) is 8.32 Å². The molecule has 1 aliphatic rings. The molecule has 2 aromatic carbocycles. The fourth-order valence-electron chi connectivity index (χ4n) is 8.98. The zero-order valence-corrected chi connectivity index (χ0v) is 38.6. The maximum absolute atomic E-state index is 7.09. The summed E-state index contributed by atoms with van der Waals surface area (Å²) in [5.74, 6) is 0. The summed E-state index contributed by atoms with van der Waals surface area (Å²) in [6.07, 6.45) is 30.6. The smallest absolute Gasteiger partial charge is 0.261 e. The number of hydrogen-bond donors (Lipinski definition) is 0. The standard InChI is InChI=1S/C50H86O6Si/c1-7-8-9-10-11-12-15-18-21-30-37-46(53-42-51-5)48-39-40-49(56-48)47(54-43-52-6)38-31-22-19-16-13-14-17-20-23-32-41-55-57(50(2,3)4,44-33-26-24-27-34-44)45-35-28-25-29-36-45/h24-29,33-36,46-49H,7-23,30-32,37-43H2,1-6H3/t46-,47-,48-,49-/m1/s1. The van der Waals surface area contributed by atoms with Crippen molar-refractivity contribution < 1.29 is 28.1 Å². The molecule has 0 bridgehead atoms. The van der Waals surface area contributed by atoms with E-state index < -0.39 is 8.32 Å². The van der Waals surface area contributed by atoms with Crippen molar-refractivity contribution in [3.63, 3.8) is 0 Å². The summed E-state index contributed by atoms with van der Waals surface area (Å²) >= 11 is 0. The van der Waals surface area contributed by atoms with E-state index in [0.29, 0.717) is 13.6 Å². The molecule has 0 radical (unpaired) electrons. The topological polar surface area (TPSA) is 55.4 Å². The van der Waals surface area contributed by atoms with Crippen LogP contribution in [0.2, 0.25) is 5.04 Å². The minimum Gasteiger partial charge on any atom is -0.407 e. The third-order valence-electron chi connectivity index (χ3n) is 12.2. The molecule has 0 unspecified atom stereocenters. The molecule has 0 amide bonds. The van der Waals surface area contributed by atoms with Crippen molar-refractivity contribution in [1.82, 2.24) is 0 Å². The molecule has 1 heterocycles. The number of benzene rings is 2. The zero-order valence-electron chi connectivity index (χ0n) is 37.6. The maximum atomic E-state index is 7.09. The van der Waals surface area contributed by atoms with Crippen LogP contribution < -0.4 is 10.4 Å². The SMILES string of the molecule is CCCCCCCCCCCC[C@@H](OCOC)[C@H]1CC[C@H]([C@@H](CCCCCCCCCCCCO[Si](c2ccccc2)(c2ccccc2)C(C)(C)C)OCOC)O1. The van der Waals surface area contributed by atoms with Gasteiger partial charge in [-0.3, -0.25) is 0 Å². The van der Waals surface area contributed by atoms with Crippen molar-refractivity contribution in [1.29, 1.82) is 0 Å². The van der Waals surface area contributed by atoms with Crippen LogP contribution in [-0.4, -0.2) is 67.1 Å². The summed E-state index contributed by atoms with van der Waals surface area (Å²) in [6, 6.07) is 22.0. The zero-order chi connectivity index (χ0) is 40.9. The third-order valence-corrected chi connectivity index (χ3v) is 17.2. The minimum absolute atomic E-state index is 0.0375. The number of hydrogen-bond acceptors (Lipinski definition) is 6. The first-order valence-corrected chi connectivity index (χ1v) is 25.4. The van der Waals surface area contributed by atoms with E-state index in [-0.39, 0.29) is 29.5 Å². The molecule has 2 aromatic rings. The predicted molar refractivity (Wildman–Crippen MR) is 242 cm³/mol. The Balaban J connectivity index is 1.28. The van der Waals surface area contributed by atoms with Crippen molar-refractivity contribution >= 4 is 18.7 Å². The van der Waals surface area contributed by atoms with Gasteiger partial charge in [0.2, 0.25) is 0 Å². The molecule has 0 N–H and O–H groups in total. The van der Waals surface area contributed by atoms with Gasteiger partial charge >= 0.3 is 0 Å². The van der Waals surface area contributed by atoms with Crippen LogP contribution in [-0.2, 0) is 28.1 Å². The van der Waals surface area contributed by atoms with Crippen molar-refractivity contribution in [2.75, 3.05) is 34.4 Å². The Hall–Kier alpha value is -1.58. The van der Waals surface area contributed by atoms with Crippen molar-refractivity contribution in [2.24, 2.45) is 0 Å². The molecule has 0 aliphatic carbocycles. The fraction of sp³-hybridized carbons (Fsp3) is 0.760. The first-order valence-electron chi connectivity index (χ1n) is 23.5. The largest absolute Gasteiger partial charge is 0.407 e. The molecular formula is C50H86O6Si. The summed E-state index contributed by atoms with van der Waals surface area (Å²) in [6.45, 7) is 10.9. The van der Waals surface area contributed by atoms with E-state index in [1.54, 1.807) is 14.2 Å². The summed E-state index contributed by atoms with van der Waals surface area (Å²) in [5.41, 5.74) is 0. The van der Waals surface area contributed by atoms with Crippen LogP contribution in [0.1, 0.15) is 182 Å². The van der Waals surface area contributed by atoms with Crippen LogP contribution >= 0.6 is 0 Å². The molecule has 0 spiro atoms. The Kier molecular flexibility index (Phi) is 26.6. The van der Waals surface area contributed by atoms with E-state index in [9.17, 15) is 0 Å². The molecule has 57 heavy (non-hydrogen) atoms. The van der Waals surface area contributed by atoms with Gasteiger partial charge in [-0.1, -0.05) is 210 Å². The quantitative estimate of drug-likeness (QED) is 0.0393. The molecule has 1 aliphatic heterocycles. The molecule has 4 atom stereocenters. The van der Waals surface area contributed by atoms with Crippen molar-refractivity contribution in [3.8, 4) is 0 Å². The Morgan fingerprint density at radius 2 is 0.912 bits per heavy atom. The molecule has 7 heteroatoms. The van der Waals surface area contributed by atoms with Crippen LogP contribution in [0, 0.1) is 0 Å². The average Bonchev–Trinajstić information content (AvgIpc) is 3.71. The van der Waals surface area contributed by atoms with Crippen molar-refractivity contribution in [2.45, 2.75) is 211 Å². The fourth-order valence-corrected chi connectivity index (χ4v) is 13.6. The van der Waals surface area contributed by atoms with Crippen LogP contribution in [0.5, 0.6) is 0 Å². The first kappa shape index (κ1) is 49.8. The van der Waals surface area contributed by atoms with E-state index in [1.165, 1.54) is 132 Å². The Labute approximate surface area is 352 Å². The van der Waals surface area contributed by atoms with Crippen LogP contribution in [0.4, 0.5) is 0 Å². The second-order valence-electron chi connectivity index (χ2n) is 17.8. The highest BCUT2D eigenvalue weighted by Crippen LogP contribution is 2.37. The molecule has 326 valence electrons. The Morgan fingerprint density at radius 3 is 1.28 bits per heavy atom. The van der Waals surface area contributed by atoms with Gasteiger partial charge in [-0.15, -0.1) is 0 Å². The first-order chi connectivity index (χ1) is 27.9. The van der Waals surface area contributed by atoms with Gasteiger partial charge in [0.05, 0.1) is 24.4 Å². The highest BCUT2D eigenvalue weighted by molar-refractivity contribution is 6.99. The van der Waals surface area contributed by atoms with E-state index in [1.807, 2.05) is 0 Å². The molecule has 1 saturated heterocycles. The van der Waals surface area contributed by atoms with Gasteiger partial charge in [0.1, 0.15) is 13.6 Å². The number of ether oxygens (including phenoxy) is 5. The summed E-state index contributed by atoms with van der Waals surface area (Å²) in [5, 5.41) is 2.78. The lowest BCUT2D eigenvalue weighted by atomic mass is 9.99. The van der Waals surface area contributed by atoms with Crippen LogP contribution in [0.3, 0.4) is 0 Å². The Morgan fingerprint density at radius 1 is 0.544 bits per heavy atom. The molecular weight excluding hydrogens is 725 g/mol. The molecule has 3 rings (SSSR count). The van der Waals surface area contributed by atoms with E-state index in [2.05, 4.69) is 88.4 Å². The highest BCUT2D eigenvalue weighted by atomic mass is 28.4. The van der Waals surface area contributed by atoms with Gasteiger partial charge < -0.3 is 28.1 Å². The van der Waals surface area contributed by atoms with Gasteiger partial charge in [-0.05, 0) is 47.5 Å². The summed E-state index contributed by atoms with van der Waals surface area (Å²) in [7, 11) is 0.994. The van der Waals surface area contributed by atoms with Crippen molar-refractivity contribution in [3.05, 3.63) is 60.7 Å². The number of unbranched alkanes of at least 4 members (excludes halogenated alkanes) is 18. The number of methoxy groups -OCH3 is 2. The Bertz CT molecular complexity index is 1170. The van der Waals surface area contributed by atoms with Gasteiger partial charge in [-0.25, -0.2) is 0 Å². The van der Waals surface area contributed by atoms with E-state index in [0.717, 1.165) is 38.7 Å². The van der Waals surface area contributed by atoms with Gasteiger partial charge in [0.15, 0.2) is 0 Å². The van der Waals surface area contributed by atoms with E-state index >= 15 is 0 Å². The predicted octanol–water partition coefficient (Wildman–Crippen LogP) is 12.7. The summed E-state index contributed by atoms with van der Waals surface area (Å²) < 4.78 is 36.8. The van der Waals surface area contributed by atoms with E-state index in [4.69, 9.17) is 28.1 Å². The average molecular weight is 811 g/mol. The maximum Gasteiger partial charge on any atom is 0.261 e. The molecule has 0 aromatic heterocycles. The monoisotopic (exact) mass is 811 g/mol. The van der Waals surface area contributed by atoms with Gasteiger partial charge in [-0.2, -0.15) is 0 Å². The second kappa shape index (κ2) is 30.4. The van der Waals surface area contributed by atoms with Crippen LogP contribution in [0.15, 0.2) is 60.7 Å². The lowest BCUT2D eigenvalue weighted by Gasteiger charge is -2.43. The normalized spacial score (nSPS) is 17.3. The third kappa shape index (κ3) is 18.7. The lowest BCUT2D eigenvalue weighted by Crippen LogP contribution is -2.66. The minimum atomic E-state index is -2.42. The molecule has 0 saturated carbocycles. The number of rotatable bonds is 35. The second-order valence-corrected chi connectivity index (χ2v) is 22.1. The molecule has 6 nitrogen and oxygen atoms in total. The van der Waals surface area contributed by atoms with Crippen LogP contribution in [0.25, 0.3) is 0 Å². The lowest BCUT2D eigenvalue weighted by molar-refractivity contribution is -0.159. The highest BCUT2D eigenvalue weighted by Gasteiger charge is 2.50.